The quantitative estimate of drug-likeness (QED) is 0.807. The second-order valence-electron chi connectivity index (χ2n) is 9.18. The highest BCUT2D eigenvalue weighted by molar-refractivity contribution is 6.39. The topological polar surface area (TPSA) is 58.2 Å². The minimum atomic E-state index is -0.560. The molecule has 4 heteroatoms. The van der Waals surface area contributed by atoms with Crippen molar-refractivity contribution in [3.8, 4) is 0 Å². The number of hydrogen-bond donors (Lipinski definition) is 2. The van der Waals surface area contributed by atoms with E-state index in [2.05, 4.69) is 17.6 Å². The van der Waals surface area contributed by atoms with Gasteiger partial charge in [0.05, 0.1) is 0 Å². The van der Waals surface area contributed by atoms with Crippen molar-refractivity contribution in [3.05, 3.63) is 29.3 Å². The van der Waals surface area contributed by atoms with Crippen LogP contribution in [0.2, 0.25) is 0 Å². The Bertz CT molecular complexity index is 704. The highest BCUT2D eigenvalue weighted by Gasteiger charge is 2.53. The number of hydrogen-bond acceptors (Lipinski definition) is 2. The van der Waals surface area contributed by atoms with Gasteiger partial charge in [0.25, 0.3) is 0 Å². The average molecular weight is 354 g/mol. The molecule has 4 fully saturated rings. The van der Waals surface area contributed by atoms with Crippen LogP contribution in [0.5, 0.6) is 0 Å². The second-order valence-corrected chi connectivity index (χ2v) is 9.18. The molecule has 1 aromatic carbocycles. The lowest BCUT2D eigenvalue weighted by molar-refractivity contribution is -0.138. The van der Waals surface area contributed by atoms with Crippen molar-refractivity contribution in [2.45, 2.75) is 65.3 Å². The zero-order valence-corrected chi connectivity index (χ0v) is 16.1. The van der Waals surface area contributed by atoms with Crippen LogP contribution in [0.4, 0.5) is 5.69 Å². The van der Waals surface area contributed by atoms with Gasteiger partial charge in [0, 0.05) is 11.7 Å². The van der Waals surface area contributed by atoms with E-state index in [1.807, 2.05) is 32.0 Å². The second kappa shape index (κ2) is 6.40. The van der Waals surface area contributed by atoms with Crippen LogP contribution in [-0.2, 0) is 9.59 Å². The van der Waals surface area contributed by atoms with Crippen LogP contribution < -0.4 is 10.6 Å². The van der Waals surface area contributed by atoms with Crippen molar-refractivity contribution >= 4 is 17.5 Å². The summed E-state index contributed by atoms with van der Waals surface area (Å²) in [6.07, 6.45) is 7.81. The Balaban J connectivity index is 1.41. The zero-order valence-electron chi connectivity index (χ0n) is 16.1. The molecule has 4 aliphatic carbocycles. The Morgan fingerprint density at radius 2 is 1.58 bits per heavy atom. The number of benzene rings is 1. The van der Waals surface area contributed by atoms with Gasteiger partial charge in [0.2, 0.25) is 0 Å². The monoisotopic (exact) mass is 354 g/mol. The fourth-order valence-electron chi connectivity index (χ4n) is 6.19. The van der Waals surface area contributed by atoms with Crippen LogP contribution >= 0.6 is 0 Å². The third-order valence-corrected chi connectivity index (χ3v) is 7.41. The summed E-state index contributed by atoms with van der Waals surface area (Å²) in [5.41, 5.74) is 3.03. The largest absolute Gasteiger partial charge is 0.345 e. The molecule has 26 heavy (non-hydrogen) atoms. The molecule has 0 aliphatic heterocycles. The van der Waals surface area contributed by atoms with Crippen LogP contribution in [-0.4, -0.2) is 17.9 Å². The first-order valence-electron chi connectivity index (χ1n) is 10.0. The lowest BCUT2D eigenvalue weighted by Gasteiger charge is -2.59. The lowest BCUT2D eigenvalue weighted by Crippen LogP contribution is -2.57. The molecular formula is C22H30N2O2. The number of rotatable bonds is 3. The van der Waals surface area contributed by atoms with E-state index in [1.165, 1.54) is 38.5 Å². The van der Waals surface area contributed by atoms with Gasteiger partial charge in [-0.3, -0.25) is 9.59 Å². The molecule has 5 rings (SSSR count). The first-order valence-corrected chi connectivity index (χ1v) is 10.0. The van der Waals surface area contributed by atoms with Gasteiger partial charge < -0.3 is 10.6 Å². The number of aryl methyl sites for hydroxylation is 1. The molecule has 1 aromatic rings. The summed E-state index contributed by atoms with van der Waals surface area (Å²) in [7, 11) is 0. The Morgan fingerprint density at radius 3 is 2.15 bits per heavy atom. The van der Waals surface area contributed by atoms with Crippen LogP contribution in [0.15, 0.2) is 18.2 Å². The van der Waals surface area contributed by atoms with Gasteiger partial charge in [-0.2, -0.15) is 0 Å². The molecule has 0 heterocycles. The van der Waals surface area contributed by atoms with Crippen molar-refractivity contribution in [2.24, 2.45) is 23.2 Å². The molecule has 0 spiro atoms. The van der Waals surface area contributed by atoms with E-state index < -0.39 is 11.8 Å². The Kier molecular flexibility index (Phi) is 4.32. The molecule has 2 N–H and O–H groups in total. The van der Waals surface area contributed by atoms with Crippen molar-refractivity contribution in [1.82, 2.24) is 5.32 Å². The van der Waals surface area contributed by atoms with Gasteiger partial charge in [-0.1, -0.05) is 12.1 Å². The normalized spacial score (nSPS) is 33.0. The Morgan fingerprint density at radius 1 is 1.00 bits per heavy atom. The highest BCUT2D eigenvalue weighted by Crippen LogP contribution is 2.61. The first-order chi connectivity index (χ1) is 12.4. The zero-order chi connectivity index (χ0) is 18.5. The summed E-state index contributed by atoms with van der Waals surface area (Å²) >= 11 is 0. The van der Waals surface area contributed by atoms with Crippen LogP contribution in [0, 0.1) is 37.0 Å². The van der Waals surface area contributed by atoms with Crippen molar-refractivity contribution < 1.29 is 9.59 Å². The fraction of sp³-hybridized carbons (Fsp3) is 0.636. The van der Waals surface area contributed by atoms with E-state index in [4.69, 9.17) is 0 Å². The van der Waals surface area contributed by atoms with Crippen LogP contribution in [0.25, 0.3) is 0 Å². The first kappa shape index (κ1) is 17.6. The van der Waals surface area contributed by atoms with Crippen molar-refractivity contribution in [1.29, 1.82) is 0 Å². The highest BCUT2D eigenvalue weighted by atomic mass is 16.2. The lowest BCUT2D eigenvalue weighted by atomic mass is 9.48. The molecule has 0 aromatic heterocycles. The predicted octanol–water partition coefficient (Wildman–Crippen LogP) is 3.96. The van der Waals surface area contributed by atoms with Crippen LogP contribution in [0.3, 0.4) is 0 Å². The van der Waals surface area contributed by atoms with E-state index in [9.17, 15) is 9.59 Å². The maximum Gasteiger partial charge on any atom is 0.313 e. The third kappa shape index (κ3) is 3.04. The minimum Gasteiger partial charge on any atom is -0.345 e. The van der Waals surface area contributed by atoms with E-state index in [0.29, 0.717) is 5.69 Å². The summed E-state index contributed by atoms with van der Waals surface area (Å²) in [6, 6.07) is 5.80. The minimum absolute atomic E-state index is 0.0627. The van der Waals surface area contributed by atoms with Gasteiger partial charge in [0.15, 0.2) is 0 Å². The van der Waals surface area contributed by atoms with Gasteiger partial charge >= 0.3 is 11.8 Å². The van der Waals surface area contributed by atoms with Gasteiger partial charge in [-0.25, -0.2) is 0 Å². The maximum atomic E-state index is 12.5. The van der Waals surface area contributed by atoms with E-state index in [-0.39, 0.29) is 11.5 Å². The molecule has 4 nitrogen and oxygen atoms in total. The maximum absolute atomic E-state index is 12.5. The molecule has 0 saturated heterocycles. The summed E-state index contributed by atoms with van der Waals surface area (Å²) in [5, 5.41) is 5.82. The summed E-state index contributed by atoms with van der Waals surface area (Å²) < 4.78 is 0. The van der Waals surface area contributed by atoms with Crippen molar-refractivity contribution in [2.75, 3.05) is 5.32 Å². The average Bonchev–Trinajstić information content (AvgIpc) is 2.57. The molecule has 140 valence electrons. The number of carbonyl (C=O) groups is 2. The smallest absolute Gasteiger partial charge is 0.313 e. The van der Waals surface area contributed by atoms with Crippen LogP contribution in [0.1, 0.15) is 56.6 Å². The van der Waals surface area contributed by atoms with E-state index in [1.54, 1.807) is 0 Å². The van der Waals surface area contributed by atoms with Crippen molar-refractivity contribution in [3.63, 3.8) is 0 Å². The van der Waals surface area contributed by atoms with Gasteiger partial charge in [0.1, 0.15) is 0 Å². The van der Waals surface area contributed by atoms with E-state index >= 15 is 0 Å². The fourth-order valence-corrected chi connectivity index (χ4v) is 6.19. The predicted molar refractivity (Wildman–Crippen MR) is 103 cm³/mol. The number of carbonyl (C=O) groups excluding carboxylic acids is 2. The standard InChI is InChI=1S/C22H30N2O2/c1-13-5-4-6-19(14(13)2)24-21(26)20(25)23-15(3)22-10-16-7-17(11-22)9-18(8-16)12-22/h4-6,15-18H,7-12H2,1-3H3,(H,23,25)(H,24,26). The molecule has 4 bridgehead atoms. The Hall–Kier alpha value is -1.84. The number of nitrogens with one attached hydrogen (secondary N) is 2. The molecule has 4 aliphatic rings. The third-order valence-electron chi connectivity index (χ3n) is 7.41. The summed E-state index contributed by atoms with van der Waals surface area (Å²) in [6.45, 7) is 6.07. The SMILES string of the molecule is Cc1cccc(NC(=O)C(=O)NC(C)C23CC4CC(CC(C4)C2)C3)c1C. The molecule has 1 atom stereocenters. The molecule has 1 unspecified atom stereocenters. The molecule has 4 saturated carbocycles. The van der Waals surface area contributed by atoms with Gasteiger partial charge in [-0.05, 0) is 99.7 Å². The number of amides is 2. The van der Waals surface area contributed by atoms with Gasteiger partial charge in [-0.15, -0.1) is 0 Å². The Labute approximate surface area is 156 Å². The molecular weight excluding hydrogens is 324 g/mol. The molecule has 0 radical (unpaired) electrons. The molecule has 2 amide bonds. The number of anilines is 1. The summed E-state index contributed by atoms with van der Waals surface area (Å²) in [5.74, 6) is 1.45. The van der Waals surface area contributed by atoms with E-state index in [0.717, 1.165) is 28.9 Å². The summed E-state index contributed by atoms with van der Waals surface area (Å²) in [4.78, 5) is 24.9.